The van der Waals surface area contributed by atoms with Crippen LogP contribution in [0.15, 0.2) is 39.9 Å². The zero-order chi connectivity index (χ0) is 16.3. The summed E-state index contributed by atoms with van der Waals surface area (Å²) in [7, 11) is -2.49. The Balaban J connectivity index is 2.34. The number of hydrogen-bond acceptors (Lipinski definition) is 4. The minimum atomic E-state index is -3.93. The summed E-state index contributed by atoms with van der Waals surface area (Å²) in [5.41, 5.74) is 0.594. The molecule has 0 saturated heterocycles. The largest absolute Gasteiger partial charge is 0.244 e. The highest BCUT2D eigenvalue weighted by molar-refractivity contribution is 7.89. The van der Waals surface area contributed by atoms with E-state index in [0.29, 0.717) is 6.42 Å². The van der Waals surface area contributed by atoms with Crippen LogP contribution in [-0.4, -0.2) is 25.8 Å². The quantitative estimate of drug-likeness (QED) is 0.842. The van der Waals surface area contributed by atoms with Crippen molar-refractivity contribution < 1.29 is 12.8 Å². The van der Waals surface area contributed by atoms with Crippen LogP contribution >= 0.6 is 11.3 Å². The van der Waals surface area contributed by atoms with Crippen molar-refractivity contribution >= 4 is 21.4 Å². The van der Waals surface area contributed by atoms with Crippen molar-refractivity contribution in [3.63, 3.8) is 0 Å². The van der Waals surface area contributed by atoms with Gasteiger partial charge in [0.05, 0.1) is 0 Å². The molecule has 2 rings (SSSR count). The lowest BCUT2D eigenvalue weighted by atomic mass is 10.1. The average Bonchev–Trinajstić information content (AvgIpc) is 2.98. The molecule has 1 atom stereocenters. The zero-order valence-corrected chi connectivity index (χ0v) is 13.8. The van der Waals surface area contributed by atoms with Crippen LogP contribution in [0.3, 0.4) is 0 Å². The number of halogens is 1. The molecule has 0 amide bonds. The van der Waals surface area contributed by atoms with E-state index >= 15 is 0 Å². The van der Waals surface area contributed by atoms with E-state index in [1.54, 1.807) is 24.3 Å². The second kappa shape index (κ2) is 6.57. The molecule has 116 valence electrons. The molecule has 0 bridgehead atoms. The average molecular weight is 338 g/mol. The van der Waals surface area contributed by atoms with Gasteiger partial charge in [0.1, 0.15) is 22.3 Å². The number of likely N-dealkylation sites (N-methyl/N-ethyl adjacent to an activating group) is 1. The lowest BCUT2D eigenvalue weighted by molar-refractivity contribution is 0.386. The molecule has 0 radical (unpaired) electrons. The maximum absolute atomic E-state index is 13.6. The fourth-order valence-corrected chi connectivity index (χ4v) is 4.29. The molecule has 0 unspecified atom stereocenters. The summed E-state index contributed by atoms with van der Waals surface area (Å²) < 4.78 is 40.1. The molecule has 0 N–H and O–H groups in total. The third-order valence-corrected chi connectivity index (χ3v) is 6.22. The van der Waals surface area contributed by atoms with Gasteiger partial charge in [-0.25, -0.2) is 12.8 Å². The summed E-state index contributed by atoms with van der Waals surface area (Å²) in [6.45, 7) is 1.78. The summed E-state index contributed by atoms with van der Waals surface area (Å²) in [5, 5.41) is 12.9. The number of benzene rings is 1. The Morgan fingerprint density at radius 3 is 2.73 bits per heavy atom. The monoisotopic (exact) mass is 338 g/mol. The number of thiophene rings is 1. The molecule has 0 aliphatic carbocycles. The fourth-order valence-electron chi connectivity index (χ4n) is 2.10. The van der Waals surface area contributed by atoms with Crippen molar-refractivity contribution in [2.45, 2.75) is 24.3 Å². The van der Waals surface area contributed by atoms with Crippen molar-refractivity contribution in [2.24, 2.45) is 0 Å². The lowest BCUT2D eigenvalue weighted by Crippen LogP contribution is -2.36. The highest BCUT2D eigenvalue weighted by atomic mass is 32.2. The molecule has 7 heteroatoms. The topological polar surface area (TPSA) is 61.2 Å². The first-order valence-electron chi connectivity index (χ1n) is 6.55. The van der Waals surface area contributed by atoms with Gasteiger partial charge in [0, 0.05) is 13.1 Å². The number of rotatable bonds is 5. The summed E-state index contributed by atoms with van der Waals surface area (Å²) in [4.78, 5) is -0.297. The van der Waals surface area contributed by atoms with Crippen LogP contribution in [0.5, 0.6) is 0 Å². The Morgan fingerprint density at radius 2 is 2.14 bits per heavy atom. The van der Waals surface area contributed by atoms with Crippen LogP contribution in [0.4, 0.5) is 4.39 Å². The summed E-state index contributed by atoms with van der Waals surface area (Å²) >= 11 is 1.54. The summed E-state index contributed by atoms with van der Waals surface area (Å²) in [6.07, 6.45) is 0.552. The van der Waals surface area contributed by atoms with E-state index in [1.165, 1.54) is 23.5 Å². The van der Waals surface area contributed by atoms with Gasteiger partial charge in [-0.1, -0.05) is 6.07 Å². The first kappa shape index (κ1) is 16.6. The van der Waals surface area contributed by atoms with Crippen LogP contribution in [0.25, 0.3) is 0 Å². The Kier molecular flexibility index (Phi) is 4.96. The minimum absolute atomic E-state index is 0.297. The molecule has 1 aromatic carbocycles. The van der Waals surface area contributed by atoms with E-state index in [-0.39, 0.29) is 10.9 Å². The maximum atomic E-state index is 13.6. The predicted molar refractivity (Wildman–Crippen MR) is 83.5 cm³/mol. The number of sulfonamides is 1. The number of nitriles is 1. The highest BCUT2D eigenvalue weighted by Crippen LogP contribution is 2.23. The van der Waals surface area contributed by atoms with Crippen molar-refractivity contribution in [2.75, 3.05) is 7.05 Å². The molecule has 0 fully saturated rings. The van der Waals surface area contributed by atoms with Crippen molar-refractivity contribution in [3.8, 4) is 6.07 Å². The van der Waals surface area contributed by atoms with Gasteiger partial charge in [-0.3, -0.25) is 0 Å². The first-order valence-corrected chi connectivity index (χ1v) is 8.94. The Labute approximate surface area is 133 Å². The number of hydrogen-bond donors (Lipinski definition) is 0. The zero-order valence-electron chi connectivity index (χ0n) is 12.2. The minimum Gasteiger partial charge on any atom is -0.207 e. The van der Waals surface area contributed by atoms with E-state index in [9.17, 15) is 12.8 Å². The van der Waals surface area contributed by atoms with Gasteiger partial charge >= 0.3 is 0 Å². The molecular weight excluding hydrogens is 323 g/mol. The number of nitrogens with zero attached hydrogens (tertiary/aromatic N) is 2. The maximum Gasteiger partial charge on any atom is 0.244 e. The van der Waals surface area contributed by atoms with E-state index in [1.807, 2.05) is 16.8 Å². The van der Waals surface area contributed by atoms with Gasteiger partial charge in [0.2, 0.25) is 10.0 Å². The first-order chi connectivity index (χ1) is 10.4. The lowest BCUT2D eigenvalue weighted by Gasteiger charge is -2.24. The van der Waals surface area contributed by atoms with E-state index in [2.05, 4.69) is 0 Å². The molecule has 0 aliphatic rings. The van der Waals surface area contributed by atoms with Gasteiger partial charge in [-0.2, -0.15) is 20.9 Å². The SMILES string of the molecule is C[C@@H](Cc1ccsc1)N(C)S(=O)(=O)c1cccc(F)c1C#N. The normalized spacial score (nSPS) is 13.0. The van der Waals surface area contributed by atoms with Crippen LogP contribution in [-0.2, 0) is 16.4 Å². The molecule has 0 saturated carbocycles. The van der Waals surface area contributed by atoms with Crippen molar-refractivity contribution in [3.05, 3.63) is 52.0 Å². The molecule has 22 heavy (non-hydrogen) atoms. The molecule has 2 aromatic rings. The van der Waals surface area contributed by atoms with E-state index in [4.69, 9.17) is 5.26 Å². The van der Waals surface area contributed by atoms with Crippen LogP contribution < -0.4 is 0 Å². The fraction of sp³-hybridized carbons (Fsp3) is 0.267. The van der Waals surface area contributed by atoms with Gasteiger partial charge in [0.25, 0.3) is 0 Å². The van der Waals surface area contributed by atoms with Crippen molar-refractivity contribution in [1.29, 1.82) is 5.26 Å². The Hall–Kier alpha value is -1.75. The highest BCUT2D eigenvalue weighted by Gasteiger charge is 2.29. The molecular formula is C15H15FN2O2S2. The third kappa shape index (κ3) is 3.19. The van der Waals surface area contributed by atoms with Gasteiger partial charge in [-0.05, 0) is 47.9 Å². The van der Waals surface area contributed by atoms with E-state index in [0.717, 1.165) is 11.6 Å². The van der Waals surface area contributed by atoms with Crippen LogP contribution in [0, 0.1) is 17.1 Å². The van der Waals surface area contributed by atoms with Gasteiger partial charge < -0.3 is 0 Å². The standard InChI is InChI=1S/C15H15FN2O2S2/c1-11(8-12-6-7-21-10-12)18(2)22(19,20)15-5-3-4-14(16)13(15)9-17/h3-7,10-11H,8H2,1-2H3/t11-/m0/s1. The molecule has 0 spiro atoms. The van der Waals surface area contributed by atoms with Crippen LogP contribution in [0.1, 0.15) is 18.1 Å². The second-order valence-electron chi connectivity index (χ2n) is 4.93. The van der Waals surface area contributed by atoms with Crippen LogP contribution in [0.2, 0.25) is 0 Å². The molecule has 4 nitrogen and oxygen atoms in total. The molecule has 1 heterocycles. The van der Waals surface area contributed by atoms with Crippen molar-refractivity contribution in [1.82, 2.24) is 4.31 Å². The second-order valence-corrected chi connectivity index (χ2v) is 7.68. The third-order valence-electron chi connectivity index (χ3n) is 3.48. The summed E-state index contributed by atoms with van der Waals surface area (Å²) in [5.74, 6) is -0.831. The Bertz CT molecular complexity index is 795. The Morgan fingerprint density at radius 1 is 1.41 bits per heavy atom. The molecule has 1 aromatic heterocycles. The summed E-state index contributed by atoms with van der Waals surface area (Å²) in [6, 6.07) is 6.88. The van der Waals surface area contributed by atoms with Gasteiger partial charge in [0.15, 0.2) is 0 Å². The van der Waals surface area contributed by atoms with E-state index < -0.39 is 21.4 Å². The predicted octanol–water partition coefficient (Wildman–Crippen LogP) is 3.01. The molecule has 0 aliphatic heterocycles. The van der Waals surface area contributed by atoms with Gasteiger partial charge in [-0.15, -0.1) is 0 Å². The smallest absolute Gasteiger partial charge is 0.207 e.